The fourth-order valence-electron chi connectivity index (χ4n) is 4.54. The second kappa shape index (κ2) is 10.1. The molecule has 1 aliphatic carbocycles. The number of aryl methyl sites for hydroxylation is 2. The molecule has 1 heterocycles. The molecule has 0 saturated heterocycles. The van der Waals surface area contributed by atoms with E-state index in [0.29, 0.717) is 0 Å². The summed E-state index contributed by atoms with van der Waals surface area (Å²) in [6, 6.07) is 19.1. The lowest BCUT2D eigenvalue weighted by Gasteiger charge is -2.34. The average Bonchev–Trinajstić information content (AvgIpc) is 3.48. The first-order chi connectivity index (χ1) is 15.5. The van der Waals surface area contributed by atoms with Gasteiger partial charge in [-0.05, 0) is 60.9 Å². The summed E-state index contributed by atoms with van der Waals surface area (Å²) >= 11 is 1.57. The van der Waals surface area contributed by atoms with Crippen molar-refractivity contribution in [2.24, 2.45) is 0 Å². The van der Waals surface area contributed by atoms with E-state index < -0.39 is 6.04 Å². The number of para-hydroxylation sites is 1. The lowest BCUT2D eigenvalue weighted by molar-refractivity contribution is -0.127. The van der Waals surface area contributed by atoms with Crippen LogP contribution in [0.1, 0.15) is 53.3 Å². The number of benzene rings is 2. The van der Waals surface area contributed by atoms with Gasteiger partial charge in [-0.25, -0.2) is 0 Å². The monoisotopic (exact) mass is 446 g/mol. The highest BCUT2D eigenvalue weighted by Crippen LogP contribution is 2.33. The molecule has 4 nitrogen and oxygen atoms in total. The maximum Gasteiger partial charge on any atom is 0.248 e. The zero-order chi connectivity index (χ0) is 22.5. The Hall–Kier alpha value is -2.92. The Morgan fingerprint density at radius 2 is 1.66 bits per heavy atom. The Morgan fingerprint density at radius 3 is 2.31 bits per heavy atom. The van der Waals surface area contributed by atoms with Crippen LogP contribution in [-0.2, 0) is 16.0 Å². The van der Waals surface area contributed by atoms with E-state index in [1.165, 1.54) is 0 Å². The van der Waals surface area contributed by atoms with Gasteiger partial charge in [0, 0.05) is 16.6 Å². The SMILES string of the molecule is Cc1ccccc1[C@@H](C(=O)NC1CCCC1)N(C(=O)Cc1cccs1)c1ccccc1C. The molecule has 3 aromatic rings. The Balaban J connectivity index is 1.79. The molecular weight excluding hydrogens is 416 g/mol. The normalized spacial score (nSPS) is 14.8. The number of amides is 2. The van der Waals surface area contributed by atoms with E-state index in [4.69, 9.17) is 0 Å². The van der Waals surface area contributed by atoms with Gasteiger partial charge >= 0.3 is 0 Å². The number of hydrogen-bond donors (Lipinski definition) is 1. The molecule has 1 fully saturated rings. The Labute approximate surface area is 194 Å². The summed E-state index contributed by atoms with van der Waals surface area (Å²) in [6.07, 6.45) is 4.54. The summed E-state index contributed by atoms with van der Waals surface area (Å²) < 4.78 is 0. The Morgan fingerprint density at radius 1 is 0.969 bits per heavy atom. The first-order valence-electron chi connectivity index (χ1n) is 11.3. The summed E-state index contributed by atoms with van der Waals surface area (Å²) in [5, 5.41) is 5.24. The molecule has 0 unspecified atom stereocenters. The van der Waals surface area contributed by atoms with Crippen LogP contribution in [0.25, 0.3) is 0 Å². The van der Waals surface area contributed by atoms with Gasteiger partial charge in [-0.15, -0.1) is 11.3 Å². The van der Waals surface area contributed by atoms with Crippen molar-refractivity contribution < 1.29 is 9.59 Å². The van der Waals surface area contributed by atoms with E-state index in [2.05, 4.69) is 5.32 Å². The lowest BCUT2D eigenvalue weighted by Crippen LogP contribution is -2.47. The maximum absolute atomic E-state index is 13.8. The van der Waals surface area contributed by atoms with Gasteiger partial charge in [0.2, 0.25) is 11.8 Å². The van der Waals surface area contributed by atoms with Gasteiger partial charge in [0.05, 0.1) is 6.42 Å². The van der Waals surface area contributed by atoms with Crippen molar-refractivity contribution in [1.82, 2.24) is 5.32 Å². The van der Waals surface area contributed by atoms with Gasteiger partial charge in [-0.2, -0.15) is 0 Å². The molecule has 1 saturated carbocycles. The van der Waals surface area contributed by atoms with Crippen molar-refractivity contribution in [3.05, 3.63) is 87.6 Å². The van der Waals surface area contributed by atoms with Crippen LogP contribution in [0, 0.1) is 13.8 Å². The van der Waals surface area contributed by atoms with Crippen molar-refractivity contribution in [3.63, 3.8) is 0 Å². The number of nitrogens with one attached hydrogen (secondary N) is 1. The molecule has 0 aliphatic heterocycles. The fraction of sp³-hybridized carbons (Fsp3) is 0.333. The number of carbonyl (C=O) groups excluding carboxylic acids is 2. The summed E-state index contributed by atoms with van der Waals surface area (Å²) in [6.45, 7) is 4.00. The molecule has 4 rings (SSSR count). The Bertz CT molecular complexity index is 1070. The molecular formula is C27H30N2O2S. The highest BCUT2D eigenvalue weighted by Gasteiger charge is 2.35. The molecule has 1 N–H and O–H groups in total. The molecule has 32 heavy (non-hydrogen) atoms. The van der Waals surface area contributed by atoms with E-state index in [1.54, 1.807) is 16.2 Å². The van der Waals surface area contributed by atoms with Gasteiger partial charge in [0.1, 0.15) is 6.04 Å². The molecule has 5 heteroatoms. The van der Waals surface area contributed by atoms with E-state index in [0.717, 1.165) is 52.9 Å². The van der Waals surface area contributed by atoms with E-state index in [1.807, 2.05) is 79.9 Å². The summed E-state index contributed by atoms with van der Waals surface area (Å²) in [7, 11) is 0. The van der Waals surface area contributed by atoms with Crippen LogP contribution in [0.5, 0.6) is 0 Å². The minimum atomic E-state index is -0.717. The number of hydrogen-bond acceptors (Lipinski definition) is 3. The molecule has 0 bridgehead atoms. The van der Waals surface area contributed by atoms with Crippen molar-refractivity contribution in [2.45, 2.75) is 58.0 Å². The van der Waals surface area contributed by atoms with Crippen molar-refractivity contribution >= 4 is 28.8 Å². The van der Waals surface area contributed by atoms with Gasteiger partial charge in [0.25, 0.3) is 0 Å². The molecule has 1 aliphatic rings. The number of anilines is 1. The highest BCUT2D eigenvalue weighted by atomic mass is 32.1. The van der Waals surface area contributed by atoms with E-state index in [-0.39, 0.29) is 24.3 Å². The largest absolute Gasteiger partial charge is 0.351 e. The molecule has 0 radical (unpaired) electrons. The number of thiophene rings is 1. The topological polar surface area (TPSA) is 49.4 Å². The number of nitrogens with zero attached hydrogens (tertiary/aromatic N) is 1. The minimum Gasteiger partial charge on any atom is -0.351 e. The second-order valence-electron chi connectivity index (χ2n) is 8.56. The van der Waals surface area contributed by atoms with Crippen LogP contribution in [0.3, 0.4) is 0 Å². The van der Waals surface area contributed by atoms with Gasteiger partial charge < -0.3 is 5.32 Å². The van der Waals surface area contributed by atoms with Gasteiger partial charge in [-0.1, -0.05) is 61.4 Å². The zero-order valence-corrected chi connectivity index (χ0v) is 19.5. The lowest BCUT2D eigenvalue weighted by atomic mass is 9.96. The molecule has 1 aromatic heterocycles. The first kappa shape index (κ1) is 22.3. The third-order valence-electron chi connectivity index (χ3n) is 6.24. The standard InChI is InChI=1S/C27H30N2O2S/c1-19-10-3-7-15-23(19)26(27(31)28-21-12-5-6-13-21)29(24-16-8-4-11-20(24)2)25(30)18-22-14-9-17-32-22/h3-4,7-11,14-17,21,26H,5-6,12-13,18H2,1-2H3,(H,28,31)/t26-/m0/s1. The quantitative estimate of drug-likeness (QED) is 0.503. The van der Waals surface area contributed by atoms with Crippen molar-refractivity contribution in [1.29, 1.82) is 0 Å². The highest BCUT2D eigenvalue weighted by molar-refractivity contribution is 7.10. The van der Waals surface area contributed by atoms with Crippen LogP contribution in [0.2, 0.25) is 0 Å². The third kappa shape index (κ3) is 4.94. The van der Waals surface area contributed by atoms with Gasteiger partial charge in [-0.3, -0.25) is 14.5 Å². The average molecular weight is 447 g/mol. The summed E-state index contributed by atoms with van der Waals surface area (Å²) in [5.41, 5.74) is 3.62. The van der Waals surface area contributed by atoms with Crippen LogP contribution >= 0.6 is 11.3 Å². The van der Waals surface area contributed by atoms with Crippen LogP contribution in [0.4, 0.5) is 5.69 Å². The zero-order valence-electron chi connectivity index (χ0n) is 18.7. The maximum atomic E-state index is 13.8. The Kier molecular flexibility index (Phi) is 7.05. The predicted molar refractivity (Wildman–Crippen MR) is 131 cm³/mol. The molecule has 2 aromatic carbocycles. The smallest absolute Gasteiger partial charge is 0.248 e. The number of carbonyl (C=O) groups is 2. The molecule has 2 amide bonds. The van der Waals surface area contributed by atoms with Crippen LogP contribution < -0.4 is 10.2 Å². The van der Waals surface area contributed by atoms with E-state index in [9.17, 15) is 9.59 Å². The molecule has 1 atom stereocenters. The number of rotatable bonds is 7. The summed E-state index contributed by atoms with van der Waals surface area (Å²) in [5.74, 6) is -0.175. The summed E-state index contributed by atoms with van der Waals surface area (Å²) in [4.78, 5) is 30.3. The van der Waals surface area contributed by atoms with Crippen molar-refractivity contribution in [3.8, 4) is 0 Å². The van der Waals surface area contributed by atoms with Crippen LogP contribution in [0.15, 0.2) is 66.0 Å². The molecule has 0 spiro atoms. The minimum absolute atomic E-state index is 0.0726. The van der Waals surface area contributed by atoms with Gasteiger partial charge in [0.15, 0.2) is 0 Å². The molecule has 166 valence electrons. The van der Waals surface area contributed by atoms with Crippen molar-refractivity contribution in [2.75, 3.05) is 4.90 Å². The van der Waals surface area contributed by atoms with E-state index >= 15 is 0 Å². The fourth-order valence-corrected chi connectivity index (χ4v) is 5.24. The first-order valence-corrected chi connectivity index (χ1v) is 12.2. The predicted octanol–water partition coefficient (Wildman–Crippen LogP) is 5.74. The second-order valence-corrected chi connectivity index (χ2v) is 9.59. The van der Waals surface area contributed by atoms with Crippen LogP contribution in [-0.4, -0.2) is 17.9 Å². The third-order valence-corrected chi connectivity index (χ3v) is 7.12.